The van der Waals surface area contributed by atoms with Crippen LogP contribution < -0.4 is 5.43 Å². The summed E-state index contributed by atoms with van der Waals surface area (Å²) in [5, 5.41) is 59.4. The molecule has 0 spiro atoms. The Morgan fingerprint density at radius 2 is 1.74 bits per heavy atom. The lowest BCUT2D eigenvalue weighted by Crippen LogP contribution is -2.50. The number of hydrazone groups is 1. The monoisotopic (exact) mass is 329 g/mol. The summed E-state index contributed by atoms with van der Waals surface area (Å²) in [6, 6.07) is 2.87. The molecule has 0 aliphatic carbocycles. The smallest absolute Gasteiger partial charge is 0.271 e. The van der Waals surface area contributed by atoms with Gasteiger partial charge in [0.25, 0.3) is 5.91 Å². The topological polar surface area (TPSA) is 176 Å². The second kappa shape index (κ2) is 9.25. The van der Waals surface area contributed by atoms with Crippen LogP contribution in [0.2, 0.25) is 0 Å². The number of amides is 1. The number of nitrogens with zero attached hydrogens (tertiary/aromatic N) is 2. The third-order valence-electron chi connectivity index (χ3n) is 2.97. The van der Waals surface area contributed by atoms with Crippen LogP contribution in [-0.4, -0.2) is 84.9 Å². The van der Waals surface area contributed by atoms with Gasteiger partial charge in [-0.2, -0.15) is 5.10 Å². The van der Waals surface area contributed by atoms with Crippen molar-refractivity contribution < 1.29 is 35.4 Å². The van der Waals surface area contributed by atoms with E-state index in [1.165, 1.54) is 24.5 Å². The van der Waals surface area contributed by atoms with Crippen molar-refractivity contribution in [1.29, 1.82) is 0 Å². The Bertz CT molecular complexity index is 514. The molecule has 0 unspecified atom stereocenters. The Kier molecular flexibility index (Phi) is 7.68. The summed E-state index contributed by atoms with van der Waals surface area (Å²) in [5.74, 6) is -0.582. The van der Waals surface area contributed by atoms with E-state index in [1.807, 2.05) is 0 Å². The molecule has 0 aliphatic heterocycles. The standard InChI is InChI=1S/C13H19N3O7/c17-6-9(19)11(21)12(22)10(20)8(18)5-15-16-13(23)7-1-3-14-4-2-7/h1-5,8-12,17-22H,6H2,(H,16,23)/b15-5-/t8-,9-,10+,11-,12-/m1/s1. The first-order valence-electron chi connectivity index (χ1n) is 6.63. The summed E-state index contributed by atoms with van der Waals surface area (Å²) in [6.45, 7) is -0.836. The van der Waals surface area contributed by atoms with Crippen LogP contribution in [0.4, 0.5) is 0 Å². The first kappa shape index (κ1) is 19.1. The Morgan fingerprint density at radius 3 is 2.30 bits per heavy atom. The molecule has 7 N–H and O–H groups in total. The zero-order chi connectivity index (χ0) is 17.4. The Hall–Kier alpha value is -1.95. The molecule has 1 heterocycles. The fourth-order valence-electron chi connectivity index (χ4n) is 1.57. The van der Waals surface area contributed by atoms with Crippen molar-refractivity contribution in [3.05, 3.63) is 30.1 Å². The van der Waals surface area contributed by atoms with Gasteiger partial charge in [0.05, 0.1) is 12.8 Å². The number of aliphatic hydroxyl groups is 6. The van der Waals surface area contributed by atoms with E-state index in [0.717, 1.165) is 6.21 Å². The SMILES string of the molecule is O=C(N/N=C\[C@@H](O)[C@H](O)[C@@H](O)[C@H](O)[C@H](O)CO)c1ccncc1. The van der Waals surface area contributed by atoms with E-state index >= 15 is 0 Å². The number of hydrogen-bond acceptors (Lipinski definition) is 9. The number of nitrogens with one attached hydrogen (secondary N) is 1. The van der Waals surface area contributed by atoms with Gasteiger partial charge in [-0.15, -0.1) is 0 Å². The van der Waals surface area contributed by atoms with E-state index in [2.05, 4.69) is 15.5 Å². The summed E-state index contributed by atoms with van der Waals surface area (Å²) < 4.78 is 0. The summed E-state index contributed by atoms with van der Waals surface area (Å²) >= 11 is 0. The highest BCUT2D eigenvalue weighted by molar-refractivity contribution is 5.94. The Labute approximate surface area is 131 Å². The summed E-state index contributed by atoms with van der Waals surface area (Å²) in [7, 11) is 0. The molecule has 23 heavy (non-hydrogen) atoms. The summed E-state index contributed by atoms with van der Waals surface area (Å²) in [5.41, 5.74) is 2.36. The fourth-order valence-corrected chi connectivity index (χ4v) is 1.57. The molecule has 128 valence electrons. The zero-order valence-corrected chi connectivity index (χ0v) is 12.0. The highest BCUT2D eigenvalue weighted by atomic mass is 16.4. The van der Waals surface area contributed by atoms with Crippen molar-refractivity contribution in [2.45, 2.75) is 30.5 Å². The second-order valence-electron chi connectivity index (χ2n) is 4.67. The quantitative estimate of drug-likeness (QED) is 0.191. The van der Waals surface area contributed by atoms with Gasteiger partial charge in [0.1, 0.15) is 30.5 Å². The number of aliphatic hydroxyl groups excluding tert-OH is 6. The molecule has 10 nitrogen and oxygen atoms in total. The second-order valence-corrected chi connectivity index (χ2v) is 4.67. The molecule has 1 amide bonds. The van der Waals surface area contributed by atoms with Gasteiger partial charge in [0.15, 0.2) is 0 Å². The lowest BCUT2D eigenvalue weighted by molar-refractivity contribution is -0.130. The van der Waals surface area contributed by atoms with Gasteiger partial charge < -0.3 is 30.6 Å². The molecule has 0 radical (unpaired) electrons. The molecule has 10 heteroatoms. The van der Waals surface area contributed by atoms with Crippen molar-refractivity contribution in [2.24, 2.45) is 5.10 Å². The number of aromatic nitrogens is 1. The summed E-state index contributed by atoms with van der Waals surface area (Å²) in [6.07, 6.45) is -5.57. The van der Waals surface area contributed by atoms with Gasteiger partial charge in [0, 0.05) is 18.0 Å². The fraction of sp³-hybridized carbons (Fsp3) is 0.462. The zero-order valence-electron chi connectivity index (χ0n) is 12.0. The Balaban J connectivity index is 2.54. The average molecular weight is 329 g/mol. The lowest BCUT2D eigenvalue weighted by atomic mass is 10.00. The molecule has 0 fully saturated rings. The molecule has 1 aromatic heterocycles. The maximum Gasteiger partial charge on any atom is 0.271 e. The third-order valence-corrected chi connectivity index (χ3v) is 2.97. The van der Waals surface area contributed by atoms with Gasteiger partial charge in [-0.1, -0.05) is 0 Å². The number of rotatable bonds is 8. The van der Waals surface area contributed by atoms with E-state index < -0.39 is 43.0 Å². The van der Waals surface area contributed by atoms with Crippen LogP contribution in [-0.2, 0) is 0 Å². The van der Waals surface area contributed by atoms with Gasteiger partial charge >= 0.3 is 0 Å². The molecule has 1 rings (SSSR count). The van der Waals surface area contributed by atoms with Crippen LogP contribution in [0.3, 0.4) is 0 Å². The third kappa shape index (κ3) is 5.63. The predicted octanol–water partition coefficient (Wildman–Crippen LogP) is -3.41. The molecule has 0 bridgehead atoms. The van der Waals surface area contributed by atoms with Crippen molar-refractivity contribution in [3.63, 3.8) is 0 Å². The minimum Gasteiger partial charge on any atom is -0.394 e. The van der Waals surface area contributed by atoms with Crippen molar-refractivity contribution >= 4 is 12.1 Å². The molecule has 0 saturated carbocycles. The van der Waals surface area contributed by atoms with E-state index in [0.29, 0.717) is 0 Å². The predicted molar refractivity (Wildman–Crippen MR) is 77.3 cm³/mol. The van der Waals surface area contributed by atoms with Gasteiger partial charge in [-0.05, 0) is 12.1 Å². The lowest BCUT2D eigenvalue weighted by Gasteiger charge is -2.26. The van der Waals surface area contributed by atoms with E-state index in [-0.39, 0.29) is 5.56 Å². The number of carbonyl (C=O) groups excluding carboxylic acids is 1. The number of carbonyl (C=O) groups is 1. The maximum absolute atomic E-state index is 11.6. The van der Waals surface area contributed by atoms with Gasteiger partial charge in [-0.3, -0.25) is 9.78 Å². The molecule has 0 saturated heterocycles. The normalized spacial score (nSPS) is 18.2. The van der Waals surface area contributed by atoms with E-state index in [9.17, 15) is 25.2 Å². The highest BCUT2D eigenvalue weighted by Crippen LogP contribution is 2.07. The maximum atomic E-state index is 11.6. The average Bonchev–Trinajstić information content (AvgIpc) is 2.59. The van der Waals surface area contributed by atoms with Crippen LogP contribution in [0.25, 0.3) is 0 Å². The molecule has 1 aromatic rings. The minimum absolute atomic E-state index is 0.272. The first-order valence-corrected chi connectivity index (χ1v) is 6.63. The van der Waals surface area contributed by atoms with E-state index in [1.54, 1.807) is 0 Å². The first-order chi connectivity index (χ1) is 10.9. The van der Waals surface area contributed by atoms with Crippen molar-refractivity contribution in [3.8, 4) is 0 Å². The highest BCUT2D eigenvalue weighted by Gasteiger charge is 2.33. The molecular formula is C13H19N3O7. The number of hydrogen-bond donors (Lipinski definition) is 7. The molecule has 5 atom stereocenters. The largest absolute Gasteiger partial charge is 0.394 e. The van der Waals surface area contributed by atoms with Gasteiger partial charge in [0.2, 0.25) is 0 Å². The van der Waals surface area contributed by atoms with Crippen LogP contribution in [0.15, 0.2) is 29.6 Å². The Morgan fingerprint density at radius 1 is 1.13 bits per heavy atom. The molecular weight excluding hydrogens is 310 g/mol. The molecule has 0 aromatic carbocycles. The van der Waals surface area contributed by atoms with Crippen LogP contribution in [0.1, 0.15) is 10.4 Å². The van der Waals surface area contributed by atoms with Crippen molar-refractivity contribution in [2.75, 3.05) is 6.61 Å². The number of pyridine rings is 1. The summed E-state index contributed by atoms with van der Waals surface area (Å²) in [4.78, 5) is 15.4. The van der Waals surface area contributed by atoms with Crippen molar-refractivity contribution in [1.82, 2.24) is 10.4 Å². The van der Waals surface area contributed by atoms with Crippen LogP contribution in [0, 0.1) is 0 Å². The van der Waals surface area contributed by atoms with Gasteiger partial charge in [-0.25, -0.2) is 5.43 Å². The van der Waals surface area contributed by atoms with Crippen LogP contribution >= 0.6 is 0 Å². The molecule has 0 aliphatic rings. The van der Waals surface area contributed by atoms with Crippen LogP contribution in [0.5, 0.6) is 0 Å². The van der Waals surface area contributed by atoms with E-state index in [4.69, 9.17) is 10.2 Å². The minimum atomic E-state index is -1.94.